The molecular formula is C19H22N4O. The van der Waals surface area contributed by atoms with Crippen molar-refractivity contribution in [1.29, 1.82) is 0 Å². The van der Waals surface area contributed by atoms with Gasteiger partial charge in [-0.05, 0) is 50.0 Å². The number of rotatable bonds is 5. The van der Waals surface area contributed by atoms with Crippen molar-refractivity contribution in [3.8, 4) is 0 Å². The van der Waals surface area contributed by atoms with Gasteiger partial charge in [-0.25, -0.2) is 0 Å². The van der Waals surface area contributed by atoms with Crippen LogP contribution in [-0.2, 0) is 4.79 Å². The first-order chi connectivity index (χ1) is 11.4. The summed E-state index contributed by atoms with van der Waals surface area (Å²) in [5, 5.41) is 0. The fourth-order valence-electron chi connectivity index (χ4n) is 2.41. The van der Waals surface area contributed by atoms with E-state index >= 15 is 0 Å². The van der Waals surface area contributed by atoms with E-state index < -0.39 is 0 Å². The number of aliphatic imine (C=N–C) groups is 1. The third-order valence-corrected chi connectivity index (χ3v) is 3.81. The van der Waals surface area contributed by atoms with Gasteiger partial charge in [0, 0.05) is 17.5 Å². The molecule has 1 aromatic heterocycles. The highest BCUT2D eigenvalue weighted by Gasteiger charge is 2.14. The van der Waals surface area contributed by atoms with Crippen molar-refractivity contribution >= 4 is 17.3 Å². The quantitative estimate of drug-likeness (QED) is 0.644. The summed E-state index contributed by atoms with van der Waals surface area (Å²) in [7, 11) is 0. The van der Waals surface area contributed by atoms with E-state index in [1.165, 1.54) is 0 Å². The molecule has 24 heavy (non-hydrogen) atoms. The fourth-order valence-corrected chi connectivity index (χ4v) is 2.41. The van der Waals surface area contributed by atoms with Crippen LogP contribution < -0.4 is 11.5 Å². The summed E-state index contributed by atoms with van der Waals surface area (Å²) in [6.07, 6.45) is 6.67. The number of hydrogen-bond acceptors (Lipinski definition) is 4. The lowest BCUT2D eigenvalue weighted by Gasteiger charge is -2.14. The minimum Gasteiger partial charge on any atom is -0.395 e. The highest BCUT2D eigenvalue weighted by molar-refractivity contribution is 6.01. The zero-order valence-corrected chi connectivity index (χ0v) is 14.0. The number of carbonyl (C=O) groups is 1. The summed E-state index contributed by atoms with van der Waals surface area (Å²) in [6.45, 7) is 7.75. The monoisotopic (exact) mass is 322 g/mol. The van der Waals surface area contributed by atoms with E-state index in [0.29, 0.717) is 29.1 Å². The van der Waals surface area contributed by atoms with Crippen LogP contribution in [0.1, 0.15) is 32.4 Å². The smallest absolute Gasteiger partial charge is 0.244 e. The number of nitrogens with zero attached hydrogens (tertiary/aromatic N) is 2. The zero-order chi connectivity index (χ0) is 17.7. The van der Waals surface area contributed by atoms with E-state index in [2.05, 4.69) is 16.6 Å². The molecule has 1 amide bonds. The first-order valence-corrected chi connectivity index (χ1v) is 7.72. The van der Waals surface area contributed by atoms with Crippen molar-refractivity contribution in [2.24, 2.45) is 16.5 Å². The van der Waals surface area contributed by atoms with E-state index in [9.17, 15) is 4.79 Å². The van der Waals surface area contributed by atoms with Crippen LogP contribution >= 0.6 is 0 Å². The molecule has 124 valence electrons. The van der Waals surface area contributed by atoms with Crippen LogP contribution in [0.4, 0.5) is 0 Å². The van der Waals surface area contributed by atoms with Gasteiger partial charge in [-0.1, -0.05) is 24.8 Å². The molecule has 0 bridgehead atoms. The summed E-state index contributed by atoms with van der Waals surface area (Å²) < 4.78 is 0. The molecule has 0 radical (unpaired) electrons. The molecule has 5 nitrogen and oxygen atoms in total. The normalized spacial score (nSPS) is 16.0. The van der Waals surface area contributed by atoms with Crippen molar-refractivity contribution in [1.82, 2.24) is 4.98 Å². The largest absolute Gasteiger partial charge is 0.395 e. The van der Waals surface area contributed by atoms with Gasteiger partial charge in [0.2, 0.25) is 5.91 Å². The Bertz CT molecular complexity index is 783. The maximum atomic E-state index is 11.2. The van der Waals surface area contributed by atoms with Gasteiger partial charge < -0.3 is 11.5 Å². The zero-order valence-electron chi connectivity index (χ0n) is 14.0. The van der Waals surface area contributed by atoms with Gasteiger partial charge in [-0.15, -0.1) is 0 Å². The van der Waals surface area contributed by atoms with Crippen LogP contribution in [0.15, 0.2) is 70.5 Å². The maximum absolute atomic E-state index is 11.2. The molecule has 1 aliphatic carbocycles. The fraction of sp³-hybridized carbons (Fsp3) is 0.211. The first-order valence-electron chi connectivity index (χ1n) is 7.72. The van der Waals surface area contributed by atoms with Crippen molar-refractivity contribution in [3.63, 3.8) is 0 Å². The van der Waals surface area contributed by atoms with Gasteiger partial charge >= 0.3 is 0 Å². The number of aromatic nitrogens is 1. The third kappa shape index (κ3) is 4.07. The van der Waals surface area contributed by atoms with Gasteiger partial charge in [0.1, 0.15) is 0 Å². The van der Waals surface area contributed by atoms with Crippen LogP contribution in [0.2, 0.25) is 0 Å². The number of pyridine rings is 1. The summed E-state index contributed by atoms with van der Waals surface area (Å²) in [5.74, 6) is -0.373. The molecular weight excluding hydrogens is 300 g/mol. The molecule has 0 saturated carbocycles. The predicted molar refractivity (Wildman–Crippen MR) is 97.9 cm³/mol. The molecule has 0 aliphatic heterocycles. The second-order valence-corrected chi connectivity index (χ2v) is 5.70. The van der Waals surface area contributed by atoms with E-state index in [0.717, 1.165) is 23.3 Å². The number of nitrogens with two attached hydrogens (primary N) is 2. The Kier molecular flexibility index (Phi) is 5.47. The molecule has 1 aromatic rings. The van der Waals surface area contributed by atoms with Crippen molar-refractivity contribution in [2.75, 3.05) is 0 Å². The molecule has 0 fully saturated rings. The molecule has 0 unspecified atom stereocenters. The molecule has 0 spiro atoms. The highest BCUT2D eigenvalue weighted by atomic mass is 16.1. The SMILES string of the molecule is C=C(C)/C(N=C(C)C1=CC=C(C(N)=O)CC1)=C(/N)c1ccccn1. The molecule has 1 aliphatic rings. The second kappa shape index (κ2) is 7.55. The average Bonchev–Trinajstić information content (AvgIpc) is 2.59. The molecule has 5 heteroatoms. The van der Waals surface area contributed by atoms with Crippen LogP contribution in [0.3, 0.4) is 0 Å². The Hall–Kier alpha value is -2.95. The summed E-state index contributed by atoms with van der Waals surface area (Å²) >= 11 is 0. The second-order valence-electron chi connectivity index (χ2n) is 5.70. The van der Waals surface area contributed by atoms with Gasteiger partial charge in [-0.3, -0.25) is 14.8 Å². The highest BCUT2D eigenvalue weighted by Crippen LogP contribution is 2.23. The van der Waals surface area contributed by atoms with Crippen molar-refractivity contribution in [2.45, 2.75) is 26.7 Å². The number of allylic oxidation sites excluding steroid dienone is 4. The lowest BCUT2D eigenvalue weighted by atomic mass is 9.95. The van der Waals surface area contributed by atoms with E-state index in [1.54, 1.807) is 12.3 Å². The molecule has 2 rings (SSSR count). The Balaban J connectivity index is 2.39. The predicted octanol–water partition coefficient (Wildman–Crippen LogP) is 2.88. The van der Waals surface area contributed by atoms with E-state index in [1.807, 2.05) is 38.1 Å². The number of primary amides is 1. The summed E-state index contributed by atoms with van der Waals surface area (Å²) in [6, 6.07) is 5.55. The Morgan fingerprint density at radius 1 is 1.17 bits per heavy atom. The first kappa shape index (κ1) is 17.4. The summed E-state index contributed by atoms with van der Waals surface area (Å²) in [5.41, 5.74) is 16.6. The van der Waals surface area contributed by atoms with Crippen molar-refractivity contribution < 1.29 is 4.79 Å². The lowest BCUT2D eigenvalue weighted by molar-refractivity contribution is -0.114. The topological polar surface area (TPSA) is 94.4 Å². The number of hydrogen-bond donors (Lipinski definition) is 2. The van der Waals surface area contributed by atoms with Crippen LogP contribution in [-0.4, -0.2) is 16.6 Å². The van der Waals surface area contributed by atoms with Gasteiger partial charge in [0.15, 0.2) is 0 Å². The maximum Gasteiger partial charge on any atom is 0.244 e. The summed E-state index contributed by atoms with van der Waals surface area (Å²) in [4.78, 5) is 20.1. The van der Waals surface area contributed by atoms with Crippen LogP contribution in [0.5, 0.6) is 0 Å². The van der Waals surface area contributed by atoms with Gasteiger partial charge in [0.05, 0.1) is 17.1 Å². The number of carbonyl (C=O) groups excluding carboxylic acids is 1. The van der Waals surface area contributed by atoms with Gasteiger partial charge in [-0.2, -0.15) is 0 Å². The molecule has 0 atom stereocenters. The standard InChI is InChI=1S/C19H22N4O/c1-12(2)18(17(20)16-6-4-5-11-22-16)23-13(3)14-7-9-15(10-8-14)19(21)24/h4-7,9,11H,1,8,10,20H2,2-3H3,(H2,21,24)/b18-17-,23-13?. The van der Waals surface area contributed by atoms with Crippen molar-refractivity contribution in [3.05, 3.63) is 71.2 Å². The Morgan fingerprint density at radius 2 is 1.83 bits per heavy atom. The average molecular weight is 322 g/mol. The molecule has 0 saturated heterocycles. The Labute approximate surface area is 142 Å². The Morgan fingerprint density at radius 3 is 2.33 bits per heavy atom. The van der Waals surface area contributed by atoms with E-state index in [4.69, 9.17) is 11.5 Å². The van der Waals surface area contributed by atoms with Crippen LogP contribution in [0.25, 0.3) is 5.70 Å². The van der Waals surface area contributed by atoms with E-state index in [-0.39, 0.29) is 5.91 Å². The van der Waals surface area contributed by atoms with Crippen LogP contribution in [0, 0.1) is 0 Å². The minimum atomic E-state index is -0.373. The number of amides is 1. The third-order valence-electron chi connectivity index (χ3n) is 3.81. The molecule has 0 aromatic carbocycles. The molecule has 1 heterocycles. The lowest BCUT2D eigenvalue weighted by Crippen LogP contribution is -2.16. The molecule has 4 N–H and O–H groups in total. The minimum absolute atomic E-state index is 0.373. The van der Waals surface area contributed by atoms with Gasteiger partial charge in [0.25, 0.3) is 0 Å².